The van der Waals surface area contributed by atoms with Crippen molar-refractivity contribution < 1.29 is 4.79 Å². The molecule has 3 aromatic rings. The van der Waals surface area contributed by atoms with E-state index in [1.54, 1.807) is 11.7 Å². The molecule has 1 N–H and O–H groups in total. The maximum atomic E-state index is 12.3. The molecule has 23 heavy (non-hydrogen) atoms. The number of hydrogen-bond acceptors (Lipinski definition) is 4. The first-order valence-electron chi connectivity index (χ1n) is 7.28. The Balaban J connectivity index is 1.68. The lowest BCUT2D eigenvalue weighted by molar-refractivity contribution is -0.116. The van der Waals surface area contributed by atoms with E-state index in [2.05, 4.69) is 15.4 Å². The Morgan fingerprint density at radius 1 is 1.26 bits per heavy atom. The van der Waals surface area contributed by atoms with Crippen LogP contribution in [0.1, 0.15) is 12.0 Å². The summed E-state index contributed by atoms with van der Waals surface area (Å²) >= 11 is 0. The Morgan fingerprint density at radius 3 is 2.74 bits per heavy atom. The summed E-state index contributed by atoms with van der Waals surface area (Å²) in [6, 6.07) is 7.56. The minimum Gasteiger partial charge on any atom is -0.326 e. The number of aryl methyl sites for hydroxylation is 3. The number of carbonyl (C=O) groups excluding carboxylic acids is 1. The highest BCUT2D eigenvalue weighted by molar-refractivity contribution is 5.90. The molecule has 0 bridgehead atoms. The largest absolute Gasteiger partial charge is 0.326 e. The summed E-state index contributed by atoms with van der Waals surface area (Å²) < 4.78 is 2.98. The molecule has 118 valence electrons. The van der Waals surface area contributed by atoms with Crippen LogP contribution < -0.4 is 10.9 Å². The molecule has 0 aliphatic carbocycles. The Kier molecular flexibility index (Phi) is 3.92. The minimum atomic E-state index is -0.189. The predicted molar refractivity (Wildman–Crippen MR) is 87.2 cm³/mol. The number of fused-ring (bicyclic) bond motifs is 1. The number of anilines is 1. The van der Waals surface area contributed by atoms with Gasteiger partial charge in [0.1, 0.15) is 5.39 Å². The van der Waals surface area contributed by atoms with Crippen molar-refractivity contribution >= 4 is 22.6 Å². The van der Waals surface area contributed by atoms with Crippen LogP contribution in [0, 0.1) is 6.92 Å². The molecule has 0 aliphatic heterocycles. The molecule has 0 saturated heterocycles. The summed E-state index contributed by atoms with van der Waals surface area (Å²) in [6.07, 6.45) is 3.14. The second-order valence-electron chi connectivity index (χ2n) is 5.41. The van der Waals surface area contributed by atoms with Gasteiger partial charge >= 0.3 is 0 Å². The first-order valence-corrected chi connectivity index (χ1v) is 7.28. The van der Waals surface area contributed by atoms with E-state index < -0.39 is 0 Å². The number of amides is 1. The molecule has 0 spiro atoms. The summed E-state index contributed by atoms with van der Waals surface area (Å²) in [5.74, 6) is -0.146. The zero-order valence-corrected chi connectivity index (χ0v) is 13.0. The maximum absolute atomic E-state index is 12.3. The Morgan fingerprint density at radius 2 is 2.00 bits per heavy atom. The van der Waals surface area contributed by atoms with Gasteiger partial charge < -0.3 is 5.32 Å². The molecule has 7 nitrogen and oxygen atoms in total. The van der Waals surface area contributed by atoms with E-state index in [0.717, 1.165) is 11.3 Å². The molecule has 1 aromatic carbocycles. The van der Waals surface area contributed by atoms with Crippen molar-refractivity contribution in [3.8, 4) is 0 Å². The monoisotopic (exact) mass is 311 g/mol. The summed E-state index contributed by atoms with van der Waals surface area (Å²) in [6.45, 7) is 2.26. The summed E-state index contributed by atoms with van der Waals surface area (Å²) in [4.78, 5) is 28.5. The fraction of sp³-hybridized carbons (Fsp3) is 0.250. The van der Waals surface area contributed by atoms with Crippen LogP contribution >= 0.6 is 0 Å². The zero-order chi connectivity index (χ0) is 16.4. The molecular weight excluding hydrogens is 294 g/mol. The smallest absolute Gasteiger partial charge is 0.264 e. The van der Waals surface area contributed by atoms with Crippen molar-refractivity contribution in [3.63, 3.8) is 0 Å². The standard InChI is InChI=1S/C16H17N5O2/c1-11-3-5-12(6-4-11)19-14(22)7-8-21-10-17-15-13(16(21)23)9-18-20(15)2/h3-6,9-10H,7-8H2,1-2H3,(H,19,22). The molecule has 0 fully saturated rings. The summed E-state index contributed by atoms with van der Waals surface area (Å²) in [7, 11) is 1.73. The fourth-order valence-electron chi connectivity index (χ4n) is 2.31. The van der Waals surface area contributed by atoms with Crippen LogP contribution in [0.2, 0.25) is 0 Å². The van der Waals surface area contributed by atoms with Crippen molar-refractivity contribution in [2.24, 2.45) is 7.05 Å². The van der Waals surface area contributed by atoms with Gasteiger partial charge in [-0.3, -0.25) is 18.8 Å². The van der Waals surface area contributed by atoms with E-state index in [1.165, 1.54) is 17.1 Å². The molecular formula is C16H17N5O2. The Hall–Kier alpha value is -2.96. The Bertz CT molecular complexity index is 908. The van der Waals surface area contributed by atoms with Crippen LogP contribution in [-0.2, 0) is 18.4 Å². The van der Waals surface area contributed by atoms with Crippen molar-refractivity contribution in [2.75, 3.05) is 5.32 Å². The third-order valence-electron chi connectivity index (χ3n) is 3.63. The first-order chi connectivity index (χ1) is 11.0. The second kappa shape index (κ2) is 6.04. The average Bonchev–Trinajstić information content (AvgIpc) is 2.91. The number of rotatable bonds is 4. The van der Waals surface area contributed by atoms with Gasteiger partial charge in [0.25, 0.3) is 5.56 Å². The van der Waals surface area contributed by atoms with Crippen LogP contribution in [0.4, 0.5) is 5.69 Å². The van der Waals surface area contributed by atoms with E-state index >= 15 is 0 Å². The van der Waals surface area contributed by atoms with Crippen LogP contribution in [0.3, 0.4) is 0 Å². The third-order valence-corrected chi connectivity index (χ3v) is 3.63. The van der Waals surface area contributed by atoms with Crippen LogP contribution in [0.25, 0.3) is 11.0 Å². The average molecular weight is 311 g/mol. The quantitative estimate of drug-likeness (QED) is 0.791. The SMILES string of the molecule is Cc1ccc(NC(=O)CCn2cnc3c(cnn3C)c2=O)cc1. The van der Waals surface area contributed by atoms with Gasteiger partial charge in [0.05, 0.1) is 12.5 Å². The number of benzene rings is 1. The van der Waals surface area contributed by atoms with E-state index in [1.807, 2.05) is 31.2 Å². The van der Waals surface area contributed by atoms with Crippen LogP contribution in [0.15, 0.2) is 41.6 Å². The number of nitrogens with one attached hydrogen (secondary N) is 1. The van der Waals surface area contributed by atoms with Crippen molar-refractivity contribution in [2.45, 2.75) is 19.9 Å². The summed E-state index contributed by atoms with van der Waals surface area (Å²) in [5, 5.41) is 7.28. The number of hydrogen-bond donors (Lipinski definition) is 1. The number of aromatic nitrogens is 4. The van der Waals surface area contributed by atoms with Gasteiger partial charge in [-0.25, -0.2) is 4.98 Å². The molecule has 0 aliphatic rings. The van der Waals surface area contributed by atoms with Crippen LogP contribution in [0.5, 0.6) is 0 Å². The predicted octanol–water partition coefficient (Wildman–Crippen LogP) is 1.47. The van der Waals surface area contributed by atoms with Gasteiger partial charge in [-0.1, -0.05) is 17.7 Å². The highest BCUT2D eigenvalue weighted by Gasteiger charge is 2.09. The minimum absolute atomic E-state index is 0.146. The normalized spacial score (nSPS) is 10.9. The molecule has 2 aromatic heterocycles. The van der Waals surface area contributed by atoms with E-state index in [0.29, 0.717) is 11.0 Å². The van der Waals surface area contributed by atoms with Crippen molar-refractivity contribution in [3.05, 3.63) is 52.7 Å². The third kappa shape index (κ3) is 3.13. The van der Waals surface area contributed by atoms with E-state index in [-0.39, 0.29) is 24.4 Å². The van der Waals surface area contributed by atoms with E-state index in [4.69, 9.17) is 0 Å². The highest BCUT2D eigenvalue weighted by atomic mass is 16.2. The topological polar surface area (TPSA) is 81.8 Å². The molecule has 0 radical (unpaired) electrons. The zero-order valence-electron chi connectivity index (χ0n) is 13.0. The molecule has 7 heteroatoms. The highest BCUT2D eigenvalue weighted by Crippen LogP contribution is 2.09. The van der Waals surface area contributed by atoms with Gasteiger partial charge in [-0.05, 0) is 19.1 Å². The van der Waals surface area contributed by atoms with Crippen molar-refractivity contribution in [1.82, 2.24) is 19.3 Å². The lowest BCUT2D eigenvalue weighted by Crippen LogP contribution is -2.23. The molecule has 2 heterocycles. The Labute approximate surface area is 132 Å². The van der Waals surface area contributed by atoms with E-state index in [9.17, 15) is 9.59 Å². The number of carbonyl (C=O) groups is 1. The van der Waals surface area contributed by atoms with Crippen molar-refractivity contribution in [1.29, 1.82) is 0 Å². The first kappa shape index (κ1) is 15.0. The summed E-state index contributed by atoms with van der Waals surface area (Å²) in [5.41, 5.74) is 2.22. The lowest BCUT2D eigenvalue weighted by atomic mass is 10.2. The van der Waals surface area contributed by atoms with Gasteiger partial charge in [0, 0.05) is 25.7 Å². The molecule has 3 rings (SSSR count). The molecule has 0 atom stereocenters. The van der Waals surface area contributed by atoms with Gasteiger partial charge in [-0.15, -0.1) is 0 Å². The number of nitrogens with zero attached hydrogens (tertiary/aromatic N) is 4. The molecule has 1 amide bonds. The second-order valence-corrected chi connectivity index (χ2v) is 5.41. The molecule has 0 saturated carbocycles. The molecule has 0 unspecified atom stereocenters. The van der Waals surface area contributed by atoms with Crippen LogP contribution in [-0.4, -0.2) is 25.2 Å². The fourth-order valence-corrected chi connectivity index (χ4v) is 2.31. The lowest BCUT2D eigenvalue weighted by Gasteiger charge is -2.07. The maximum Gasteiger partial charge on any atom is 0.264 e. The van der Waals surface area contributed by atoms with Gasteiger partial charge in [-0.2, -0.15) is 5.10 Å². The van der Waals surface area contributed by atoms with Gasteiger partial charge in [0.15, 0.2) is 5.65 Å². The van der Waals surface area contributed by atoms with Gasteiger partial charge in [0.2, 0.25) is 5.91 Å².